The lowest BCUT2D eigenvalue weighted by atomic mass is 10.3. The van der Waals surface area contributed by atoms with Gasteiger partial charge in [0.2, 0.25) is 0 Å². The predicted molar refractivity (Wildman–Crippen MR) is 71.5 cm³/mol. The molecular weight excluding hydrogens is 248 g/mol. The number of carboxylic acid groups (broad SMARTS) is 1. The molecule has 0 aliphatic rings. The third-order valence-corrected chi connectivity index (χ3v) is 2.46. The Balaban J connectivity index is 2.77. The van der Waals surface area contributed by atoms with Crippen LogP contribution in [0.15, 0.2) is 24.3 Å². The summed E-state index contributed by atoms with van der Waals surface area (Å²) in [5.41, 5.74) is 0.515. The van der Waals surface area contributed by atoms with E-state index in [0.717, 1.165) is 0 Å². The minimum atomic E-state index is -1.04. The molecule has 0 aliphatic carbocycles. The number of hydrogen-bond donors (Lipinski definition) is 2. The lowest BCUT2D eigenvalue weighted by Crippen LogP contribution is -2.39. The van der Waals surface area contributed by atoms with Crippen molar-refractivity contribution < 1.29 is 19.4 Å². The van der Waals surface area contributed by atoms with Gasteiger partial charge in [0.15, 0.2) is 0 Å². The molecule has 0 atom stereocenters. The molecule has 0 aromatic heterocycles. The van der Waals surface area contributed by atoms with Gasteiger partial charge in [-0.2, -0.15) is 0 Å². The Hall–Kier alpha value is -2.24. The average molecular weight is 266 g/mol. The number of benzene rings is 1. The summed E-state index contributed by atoms with van der Waals surface area (Å²) in [4.78, 5) is 24.0. The number of methoxy groups -OCH3 is 1. The van der Waals surface area contributed by atoms with Gasteiger partial charge in [0.25, 0.3) is 0 Å². The smallest absolute Gasteiger partial charge is 0.323 e. The summed E-state index contributed by atoms with van der Waals surface area (Å²) in [7, 11) is 1.51. The van der Waals surface area contributed by atoms with Crippen LogP contribution < -0.4 is 10.1 Å². The first-order chi connectivity index (χ1) is 9.08. The average Bonchev–Trinajstić information content (AvgIpc) is 2.38. The molecule has 0 bridgehead atoms. The van der Waals surface area contributed by atoms with Gasteiger partial charge in [0.1, 0.15) is 12.3 Å². The number of nitrogens with zero attached hydrogens (tertiary/aromatic N) is 1. The molecule has 19 heavy (non-hydrogen) atoms. The summed E-state index contributed by atoms with van der Waals surface area (Å²) >= 11 is 0. The molecule has 0 spiro atoms. The van der Waals surface area contributed by atoms with Gasteiger partial charge in [0.05, 0.1) is 12.8 Å². The topological polar surface area (TPSA) is 78.9 Å². The van der Waals surface area contributed by atoms with Crippen LogP contribution in [0.5, 0.6) is 5.75 Å². The van der Waals surface area contributed by atoms with Gasteiger partial charge in [-0.05, 0) is 18.6 Å². The second-order valence-corrected chi connectivity index (χ2v) is 3.95. The maximum Gasteiger partial charge on any atom is 0.323 e. The van der Waals surface area contributed by atoms with E-state index in [9.17, 15) is 9.59 Å². The number of aliphatic carboxylic acids is 1. The van der Waals surface area contributed by atoms with Crippen LogP contribution in [0.3, 0.4) is 0 Å². The lowest BCUT2D eigenvalue weighted by molar-refractivity contribution is -0.137. The number of hydrogen-bond acceptors (Lipinski definition) is 3. The number of para-hydroxylation sites is 2. The number of carbonyl (C=O) groups is 2. The first-order valence-electron chi connectivity index (χ1n) is 5.99. The van der Waals surface area contributed by atoms with Gasteiger partial charge in [-0.3, -0.25) is 4.79 Å². The highest BCUT2D eigenvalue weighted by Gasteiger charge is 2.17. The number of carboxylic acids is 1. The maximum absolute atomic E-state index is 12.0. The van der Waals surface area contributed by atoms with E-state index in [1.165, 1.54) is 12.0 Å². The second-order valence-electron chi connectivity index (χ2n) is 3.95. The zero-order valence-electron chi connectivity index (χ0n) is 11.0. The van der Waals surface area contributed by atoms with E-state index in [1.807, 2.05) is 6.92 Å². The number of urea groups is 1. The summed E-state index contributed by atoms with van der Waals surface area (Å²) in [5, 5.41) is 11.4. The summed E-state index contributed by atoms with van der Waals surface area (Å²) < 4.78 is 5.12. The first-order valence-corrected chi connectivity index (χ1v) is 5.99. The molecule has 0 radical (unpaired) electrons. The lowest BCUT2D eigenvalue weighted by Gasteiger charge is -2.21. The Morgan fingerprint density at radius 1 is 1.37 bits per heavy atom. The standard InChI is InChI=1S/C13H18N2O4/c1-3-8-15(9-12(16)17)13(18)14-10-6-4-5-7-11(10)19-2/h4-7H,3,8-9H2,1-2H3,(H,14,18)(H,16,17). The predicted octanol–water partition coefficient (Wildman–Crippen LogP) is 2.02. The maximum atomic E-state index is 12.0. The van der Waals surface area contributed by atoms with Gasteiger partial charge in [-0.15, -0.1) is 0 Å². The third-order valence-electron chi connectivity index (χ3n) is 2.46. The number of carbonyl (C=O) groups excluding carboxylic acids is 1. The number of rotatable bonds is 6. The van der Waals surface area contributed by atoms with E-state index in [-0.39, 0.29) is 6.54 Å². The van der Waals surface area contributed by atoms with Crippen molar-refractivity contribution in [2.24, 2.45) is 0 Å². The molecule has 6 nitrogen and oxygen atoms in total. The fourth-order valence-electron chi connectivity index (χ4n) is 1.63. The molecule has 0 saturated carbocycles. The van der Waals surface area contributed by atoms with Crippen LogP contribution in [-0.2, 0) is 4.79 Å². The Kier molecular flexibility index (Phi) is 5.66. The fourth-order valence-corrected chi connectivity index (χ4v) is 1.63. The van der Waals surface area contributed by atoms with Crippen molar-refractivity contribution in [1.29, 1.82) is 0 Å². The number of amides is 2. The molecule has 0 unspecified atom stereocenters. The van der Waals surface area contributed by atoms with E-state index >= 15 is 0 Å². The van der Waals surface area contributed by atoms with Crippen molar-refractivity contribution in [3.05, 3.63) is 24.3 Å². The Morgan fingerprint density at radius 3 is 2.63 bits per heavy atom. The molecule has 1 aromatic rings. The van der Waals surface area contributed by atoms with Crippen LogP contribution in [0.1, 0.15) is 13.3 Å². The molecular formula is C13H18N2O4. The van der Waals surface area contributed by atoms with Crippen LogP contribution in [0, 0.1) is 0 Å². The van der Waals surface area contributed by atoms with Crippen LogP contribution in [0.25, 0.3) is 0 Å². The molecule has 2 amide bonds. The second kappa shape index (κ2) is 7.25. The van der Waals surface area contributed by atoms with E-state index in [1.54, 1.807) is 24.3 Å². The van der Waals surface area contributed by atoms with Gasteiger partial charge >= 0.3 is 12.0 Å². The third kappa shape index (κ3) is 4.50. The van der Waals surface area contributed by atoms with Crippen molar-refractivity contribution in [1.82, 2.24) is 4.90 Å². The molecule has 1 rings (SSSR count). The highest BCUT2D eigenvalue weighted by molar-refractivity contribution is 5.92. The molecule has 0 saturated heterocycles. The van der Waals surface area contributed by atoms with Gasteiger partial charge in [-0.1, -0.05) is 19.1 Å². The molecule has 6 heteroatoms. The van der Waals surface area contributed by atoms with Gasteiger partial charge in [0, 0.05) is 6.54 Å². The minimum absolute atomic E-state index is 0.325. The zero-order valence-corrected chi connectivity index (χ0v) is 11.0. The van der Waals surface area contributed by atoms with E-state index in [2.05, 4.69) is 5.32 Å². The normalized spacial score (nSPS) is 9.79. The van der Waals surface area contributed by atoms with Crippen molar-refractivity contribution in [2.45, 2.75) is 13.3 Å². The van der Waals surface area contributed by atoms with Crippen molar-refractivity contribution in [3.8, 4) is 5.75 Å². The number of ether oxygens (including phenoxy) is 1. The van der Waals surface area contributed by atoms with Crippen LogP contribution in [0.2, 0.25) is 0 Å². The molecule has 1 aromatic carbocycles. The molecule has 0 fully saturated rings. The van der Waals surface area contributed by atoms with Crippen LogP contribution >= 0.6 is 0 Å². The zero-order chi connectivity index (χ0) is 14.3. The summed E-state index contributed by atoms with van der Waals surface area (Å²) in [5.74, 6) is -0.508. The van der Waals surface area contributed by atoms with Crippen LogP contribution in [0.4, 0.5) is 10.5 Å². The van der Waals surface area contributed by atoms with E-state index in [0.29, 0.717) is 24.4 Å². The highest BCUT2D eigenvalue weighted by Crippen LogP contribution is 2.23. The Morgan fingerprint density at radius 2 is 2.05 bits per heavy atom. The molecule has 0 heterocycles. The number of nitrogens with one attached hydrogen (secondary N) is 1. The highest BCUT2D eigenvalue weighted by atomic mass is 16.5. The van der Waals surface area contributed by atoms with Gasteiger partial charge in [-0.25, -0.2) is 4.79 Å². The molecule has 0 aliphatic heterocycles. The fraction of sp³-hybridized carbons (Fsp3) is 0.385. The quantitative estimate of drug-likeness (QED) is 0.825. The summed E-state index contributed by atoms with van der Waals surface area (Å²) in [6.07, 6.45) is 0.687. The minimum Gasteiger partial charge on any atom is -0.495 e. The van der Waals surface area contributed by atoms with E-state index in [4.69, 9.17) is 9.84 Å². The summed E-state index contributed by atoms with van der Waals surface area (Å²) in [6, 6.07) is 6.52. The van der Waals surface area contributed by atoms with E-state index < -0.39 is 12.0 Å². The van der Waals surface area contributed by atoms with Crippen molar-refractivity contribution >= 4 is 17.7 Å². The number of anilines is 1. The monoisotopic (exact) mass is 266 g/mol. The Bertz CT molecular complexity index is 448. The largest absolute Gasteiger partial charge is 0.495 e. The van der Waals surface area contributed by atoms with Crippen molar-refractivity contribution in [2.75, 3.05) is 25.5 Å². The SMILES string of the molecule is CCCN(CC(=O)O)C(=O)Nc1ccccc1OC. The first kappa shape index (κ1) is 14.8. The van der Waals surface area contributed by atoms with Gasteiger partial charge < -0.3 is 20.1 Å². The Labute approximate surface area is 112 Å². The summed E-state index contributed by atoms with van der Waals surface area (Å²) in [6.45, 7) is 1.94. The molecule has 104 valence electrons. The van der Waals surface area contributed by atoms with Crippen molar-refractivity contribution in [3.63, 3.8) is 0 Å². The molecule has 2 N–H and O–H groups in total. The van der Waals surface area contributed by atoms with Crippen LogP contribution in [-0.4, -0.2) is 42.2 Å².